The van der Waals surface area contributed by atoms with Crippen LogP contribution in [0, 0.1) is 0 Å². The lowest BCUT2D eigenvalue weighted by Crippen LogP contribution is -2.04. The highest BCUT2D eigenvalue weighted by Gasteiger charge is 2.14. The van der Waals surface area contributed by atoms with Crippen molar-refractivity contribution in [3.63, 3.8) is 0 Å². The molecule has 3 N–H and O–H groups in total. The van der Waals surface area contributed by atoms with Gasteiger partial charge in [-0.2, -0.15) is 5.10 Å². The standard InChI is InChI=1S/C12H13N3O2/c1-2-17-9-5-3-4-8(6-9)11(16)10-7-14-15-12(10)13/h3-7H,2H2,1H3,(H3,13,14,15). The van der Waals surface area contributed by atoms with Crippen LogP contribution in [0.5, 0.6) is 5.75 Å². The van der Waals surface area contributed by atoms with Crippen molar-refractivity contribution in [2.45, 2.75) is 6.92 Å². The maximum absolute atomic E-state index is 12.1. The molecule has 1 aromatic carbocycles. The molecule has 0 saturated carbocycles. The maximum atomic E-state index is 12.1. The number of H-pyrrole nitrogens is 1. The van der Waals surface area contributed by atoms with Crippen LogP contribution in [0.3, 0.4) is 0 Å². The van der Waals surface area contributed by atoms with Gasteiger partial charge in [-0.05, 0) is 19.1 Å². The number of anilines is 1. The number of rotatable bonds is 4. The average Bonchev–Trinajstić information content (AvgIpc) is 2.75. The summed E-state index contributed by atoms with van der Waals surface area (Å²) in [5, 5.41) is 6.26. The number of ether oxygens (including phenoxy) is 1. The minimum Gasteiger partial charge on any atom is -0.494 e. The van der Waals surface area contributed by atoms with E-state index in [1.165, 1.54) is 6.20 Å². The Balaban J connectivity index is 2.31. The molecule has 5 heteroatoms. The minimum absolute atomic E-state index is 0.169. The molecule has 0 spiro atoms. The summed E-state index contributed by atoms with van der Waals surface area (Å²) in [6, 6.07) is 6.99. The molecule has 0 fully saturated rings. The van der Waals surface area contributed by atoms with Gasteiger partial charge in [0.25, 0.3) is 0 Å². The Kier molecular flexibility index (Phi) is 3.09. The van der Waals surface area contributed by atoms with Gasteiger partial charge in [-0.25, -0.2) is 0 Å². The van der Waals surface area contributed by atoms with E-state index in [4.69, 9.17) is 10.5 Å². The molecule has 5 nitrogen and oxygen atoms in total. The first-order chi connectivity index (χ1) is 8.22. The smallest absolute Gasteiger partial charge is 0.198 e. The van der Waals surface area contributed by atoms with Gasteiger partial charge in [0.1, 0.15) is 11.6 Å². The third-order valence-corrected chi connectivity index (χ3v) is 2.32. The van der Waals surface area contributed by atoms with Gasteiger partial charge in [-0.3, -0.25) is 9.89 Å². The Hall–Kier alpha value is -2.30. The highest BCUT2D eigenvalue weighted by Crippen LogP contribution is 2.18. The van der Waals surface area contributed by atoms with Crippen molar-refractivity contribution in [3.05, 3.63) is 41.6 Å². The number of nitrogens with two attached hydrogens (primary N) is 1. The number of carbonyl (C=O) groups excluding carboxylic acids is 1. The Morgan fingerprint density at radius 2 is 2.35 bits per heavy atom. The van der Waals surface area contributed by atoms with Crippen LogP contribution >= 0.6 is 0 Å². The summed E-state index contributed by atoms with van der Waals surface area (Å²) in [4.78, 5) is 12.1. The number of hydrogen-bond donors (Lipinski definition) is 2. The third kappa shape index (κ3) is 2.28. The van der Waals surface area contributed by atoms with Crippen LogP contribution in [0.4, 0.5) is 5.82 Å². The molecule has 2 rings (SSSR count). The van der Waals surface area contributed by atoms with Crippen LogP contribution in [0.1, 0.15) is 22.8 Å². The SMILES string of the molecule is CCOc1cccc(C(=O)c2cn[nH]c2N)c1. The molecule has 0 unspecified atom stereocenters. The summed E-state index contributed by atoms with van der Waals surface area (Å²) in [6.07, 6.45) is 1.42. The first-order valence-electron chi connectivity index (χ1n) is 5.28. The Morgan fingerprint density at radius 3 is 3.00 bits per heavy atom. The molecule has 17 heavy (non-hydrogen) atoms. The number of aromatic nitrogens is 2. The van der Waals surface area contributed by atoms with Crippen molar-refractivity contribution < 1.29 is 9.53 Å². The fourth-order valence-electron chi connectivity index (χ4n) is 1.53. The van der Waals surface area contributed by atoms with Crippen molar-refractivity contribution in [1.82, 2.24) is 10.2 Å². The molecule has 2 aromatic rings. The summed E-state index contributed by atoms with van der Waals surface area (Å²) in [6.45, 7) is 2.45. The van der Waals surface area contributed by atoms with Crippen molar-refractivity contribution in [2.24, 2.45) is 0 Å². The zero-order valence-electron chi connectivity index (χ0n) is 9.43. The van der Waals surface area contributed by atoms with Crippen molar-refractivity contribution >= 4 is 11.6 Å². The topological polar surface area (TPSA) is 81.0 Å². The summed E-state index contributed by atoms with van der Waals surface area (Å²) < 4.78 is 5.34. The molecule has 0 atom stereocenters. The molecule has 0 aliphatic carbocycles. The van der Waals surface area contributed by atoms with E-state index in [9.17, 15) is 4.79 Å². The van der Waals surface area contributed by atoms with Gasteiger partial charge in [0.15, 0.2) is 5.78 Å². The van der Waals surface area contributed by atoms with Crippen molar-refractivity contribution in [3.8, 4) is 5.75 Å². The monoisotopic (exact) mass is 231 g/mol. The van der Waals surface area contributed by atoms with E-state index in [-0.39, 0.29) is 11.6 Å². The van der Waals surface area contributed by atoms with Crippen molar-refractivity contribution in [1.29, 1.82) is 0 Å². The molecule has 88 valence electrons. The lowest BCUT2D eigenvalue weighted by atomic mass is 10.1. The summed E-state index contributed by atoms with van der Waals surface area (Å²) in [5.74, 6) is 0.773. The average molecular weight is 231 g/mol. The first kappa shape index (κ1) is 11.2. The van der Waals surface area contributed by atoms with Gasteiger partial charge < -0.3 is 10.5 Å². The number of benzene rings is 1. The van der Waals surface area contributed by atoms with Gasteiger partial charge >= 0.3 is 0 Å². The van der Waals surface area contributed by atoms with Crippen LogP contribution in [-0.4, -0.2) is 22.6 Å². The molecule has 0 amide bonds. The quantitative estimate of drug-likeness (QED) is 0.783. The van der Waals surface area contributed by atoms with Crippen LogP contribution in [0.15, 0.2) is 30.5 Å². The lowest BCUT2D eigenvalue weighted by molar-refractivity contribution is 0.103. The fraction of sp³-hybridized carbons (Fsp3) is 0.167. The fourth-order valence-corrected chi connectivity index (χ4v) is 1.53. The van der Waals surface area contributed by atoms with E-state index in [1.807, 2.05) is 6.92 Å². The van der Waals surface area contributed by atoms with E-state index in [2.05, 4.69) is 10.2 Å². The van der Waals surface area contributed by atoms with Gasteiger partial charge in [-0.1, -0.05) is 12.1 Å². The minimum atomic E-state index is -0.169. The zero-order valence-corrected chi connectivity index (χ0v) is 9.43. The lowest BCUT2D eigenvalue weighted by Gasteiger charge is -2.04. The Labute approximate surface area is 98.6 Å². The second-order valence-corrected chi connectivity index (χ2v) is 3.49. The number of nitrogens with zero attached hydrogens (tertiary/aromatic N) is 1. The molecular formula is C12H13N3O2. The predicted octanol–water partition coefficient (Wildman–Crippen LogP) is 1.62. The van der Waals surface area contributed by atoms with Crippen molar-refractivity contribution in [2.75, 3.05) is 12.3 Å². The second kappa shape index (κ2) is 4.69. The zero-order chi connectivity index (χ0) is 12.3. The highest BCUT2D eigenvalue weighted by molar-refractivity contribution is 6.11. The molecule has 1 heterocycles. The second-order valence-electron chi connectivity index (χ2n) is 3.49. The Bertz CT molecular complexity index is 534. The molecule has 0 saturated heterocycles. The van der Waals surface area contributed by atoms with Gasteiger partial charge in [0, 0.05) is 5.56 Å². The molecule has 0 aliphatic heterocycles. The van der Waals surface area contributed by atoms with Crippen LogP contribution in [0.2, 0.25) is 0 Å². The van der Waals surface area contributed by atoms with E-state index >= 15 is 0 Å². The highest BCUT2D eigenvalue weighted by atomic mass is 16.5. The van der Waals surface area contributed by atoms with E-state index in [1.54, 1.807) is 24.3 Å². The molecule has 1 aromatic heterocycles. The van der Waals surface area contributed by atoms with E-state index in [0.717, 1.165) is 0 Å². The van der Waals surface area contributed by atoms with Gasteiger partial charge in [-0.15, -0.1) is 0 Å². The number of ketones is 1. The summed E-state index contributed by atoms with van der Waals surface area (Å²) >= 11 is 0. The largest absolute Gasteiger partial charge is 0.494 e. The first-order valence-corrected chi connectivity index (χ1v) is 5.28. The number of nitrogens with one attached hydrogen (secondary N) is 1. The summed E-state index contributed by atoms with van der Waals surface area (Å²) in [7, 11) is 0. The van der Waals surface area contributed by atoms with E-state index in [0.29, 0.717) is 23.5 Å². The number of aromatic amines is 1. The van der Waals surface area contributed by atoms with Gasteiger partial charge in [0.2, 0.25) is 0 Å². The maximum Gasteiger partial charge on any atom is 0.198 e. The third-order valence-electron chi connectivity index (χ3n) is 2.32. The number of carbonyl (C=O) groups is 1. The van der Waals surface area contributed by atoms with Gasteiger partial charge in [0.05, 0.1) is 18.4 Å². The Morgan fingerprint density at radius 1 is 1.53 bits per heavy atom. The van der Waals surface area contributed by atoms with Crippen LogP contribution < -0.4 is 10.5 Å². The van der Waals surface area contributed by atoms with Crippen LogP contribution in [-0.2, 0) is 0 Å². The molecule has 0 radical (unpaired) electrons. The van der Waals surface area contributed by atoms with E-state index < -0.39 is 0 Å². The predicted molar refractivity (Wildman–Crippen MR) is 64.0 cm³/mol. The normalized spacial score (nSPS) is 10.2. The van der Waals surface area contributed by atoms with Crippen LogP contribution in [0.25, 0.3) is 0 Å². The molecule has 0 aliphatic rings. The summed E-state index contributed by atoms with van der Waals surface area (Å²) in [5.41, 5.74) is 6.51. The number of hydrogen-bond acceptors (Lipinski definition) is 4. The molecule has 0 bridgehead atoms. The molecular weight excluding hydrogens is 218 g/mol. The number of nitrogen functional groups attached to an aromatic ring is 1.